The first kappa shape index (κ1) is 31.0. The summed E-state index contributed by atoms with van der Waals surface area (Å²) in [4.78, 5) is 10.1. The summed E-state index contributed by atoms with van der Waals surface area (Å²) in [5.41, 5.74) is 13.0. The van der Waals surface area contributed by atoms with Crippen molar-refractivity contribution < 1.29 is 4.74 Å². The Morgan fingerprint density at radius 2 is 0.929 bits per heavy atom. The van der Waals surface area contributed by atoms with Gasteiger partial charge in [0.25, 0.3) is 0 Å². The molecule has 260 valence electrons. The molecule has 1 aromatic heterocycles. The van der Waals surface area contributed by atoms with Crippen LogP contribution in [0, 0.1) is 0 Å². The van der Waals surface area contributed by atoms with E-state index in [1.807, 2.05) is 24.3 Å². The number of nitrogens with zero attached hydrogens (tertiary/aromatic N) is 2. The van der Waals surface area contributed by atoms with Gasteiger partial charge in [0.15, 0.2) is 5.82 Å². The minimum absolute atomic E-state index is 0.591. The molecule has 0 fully saturated rings. The summed E-state index contributed by atoms with van der Waals surface area (Å²) in [5.74, 6) is 2.58. The van der Waals surface area contributed by atoms with Crippen LogP contribution in [0.1, 0.15) is 22.3 Å². The highest BCUT2D eigenvalue weighted by atomic mass is 16.5. The van der Waals surface area contributed by atoms with Crippen molar-refractivity contribution in [2.75, 3.05) is 0 Å². The van der Waals surface area contributed by atoms with E-state index in [0.29, 0.717) is 0 Å². The van der Waals surface area contributed by atoms with E-state index in [4.69, 9.17) is 14.7 Å². The van der Waals surface area contributed by atoms with Gasteiger partial charge in [-0.25, -0.2) is 9.97 Å². The first-order valence-corrected chi connectivity index (χ1v) is 19.2. The summed E-state index contributed by atoms with van der Waals surface area (Å²) >= 11 is 0. The lowest BCUT2D eigenvalue weighted by molar-refractivity contribution is 0.447. The van der Waals surface area contributed by atoms with Crippen LogP contribution in [0.5, 0.6) is 11.5 Å². The molecule has 10 aromatic rings. The second-order valence-corrected chi connectivity index (χ2v) is 14.8. The highest BCUT2D eigenvalue weighted by molar-refractivity contribution is 6.00. The molecule has 9 aromatic carbocycles. The summed E-state index contributed by atoms with van der Waals surface area (Å²) in [6.45, 7) is 0. The van der Waals surface area contributed by atoms with E-state index in [0.717, 1.165) is 77.7 Å². The van der Waals surface area contributed by atoms with E-state index in [1.165, 1.54) is 33.4 Å². The maximum atomic E-state index is 7.15. The van der Waals surface area contributed by atoms with Crippen LogP contribution in [-0.4, -0.2) is 9.97 Å². The predicted octanol–water partition coefficient (Wildman–Crippen LogP) is 13.4. The largest absolute Gasteiger partial charge is 0.455 e. The van der Waals surface area contributed by atoms with Crippen molar-refractivity contribution in [2.24, 2.45) is 0 Å². The molecule has 2 heterocycles. The average Bonchev–Trinajstić information content (AvgIpc) is 3.56. The fourth-order valence-corrected chi connectivity index (χ4v) is 9.42. The van der Waals surface area contributed by atoms with Crippen LogP contribution < -0.4 is 4.74 Å². The lowest BCUT2D eigenvalue weighted by Gasteiger charge is -2.40. The highest BCUT2D eigenvalue weighted by Gasteiger charge is 2.51. The third kappa shape index (κ3) is 4.34. The Morgan fingerprint density at radius 3 is 1.66 bits per heavy atom. The number of para-hydroxylation sites is 1. The zero-order valence-corrected chi connectivity index (χ0v) is 30.3. The van der Waals surface area contributed by atoms with Crippen molar-refractivity contribution in [3.8, 4) is 56.4 Å². The Morgan fingerprint density at radius 1 is 0.357 bits per heavy atom. The van der Waals surface area contributed by atoms with Crippen LogP contribution in [0.25, 0.3) is 77.3 Å². The van der Waals surface area contributed by atoms with E-state index in [2.05, 4.69) is 170 Å². The van der Waals surface area contributed by atoms with Crippen molar-refractivity contribution >= 4 is 32.4 Å². The summed E-state index contributed by atoms with van der Waals surface area (Å²) in [6.07, 6.45) is 0. The SMILES string of the molecule is c1ccc(-c2nc(-c3ccc(-c4ccc5c(c4)C4(c6ccccc6-5)c5ccc6ccccc6c5Oc5c4ccc4ccccc54)cc3)c3ccccc3n2)cc1. The lowest BCUT2D eigenvalue weighted by atomic mass is 9.65. The first-order valence-electron chi connectivity index (χ1n) is 19.2. The molecule has 0 saturated carbocycles. The Hall–Kier alpha value is -7.36. The molecule has 0 atom stereocenters. The summed E-state index contributed by atoms with van der Waals surface area (Å²) in [6, 6.07) is 69.6. The number of hydrogen-bond donors (Lipinski definition) is 0. The van der Waals surface area contributed by atoms with E-state index >= 15 is 0 Å². The van der Waals surface area contributed by atoms with Gasteiger partial charge in [-0.3, -0.25) is 0 Å². The number of rotatable bonds is 3. The summed E-state index contributed by atoms with van der Waals surface area (Å²) in [7, 11) is 0. The Labute approximate surface area is 324 Å². The molecule has 0 N–H and O–H groups in total. The summed E-state index contributed by atoms with van der Waals surface area (Å²) < 4.78 is 7.15. The molecule has 1 spiro atoms. The minimum Gasteiger partial charge on any atom is -0.455 e. The second-order valence-electron chi connectivity index (χ2n) is 14.8. The molecule has 0 saturated heterocycles. The first-order chi connectivity index (χ1) is 27.8. The number of benzene rings is 9. The standard InChI is InChI=1S/C53H32N2O/c1-2-14-37(15-3-1)52-54-48-21-11-9-19-43(48)49(55-52)36-24-22-33(23-25-36)38-26-29-42-41-18-8-10-20-44(41)53(47(42)32-38)45-30-27-34-12-4-6-16-39(34)50(45)56-51-40-17-7-5-13-35(40)28-31-46(51)53/h1-32H. The average molecular weight is 713 g/mol. The molecule has 2 aliphatic rings. The minimum atomic E-state index is -0.591. The van der Waals surface area contributed by atoms with E-state index in [-0.39, 0.29) is 0 Å². The zero-order chi connectivity index (χ0) is 36.8. The van der Waals surface area contributed by atoms with E-state index < -0.39 is 5.41 Å². The van der Waals surface area contributed by atoms with Crippen LogP contribution in [0.3, 0.4) is 0 Å². The number of hydrogen-bond acceptors (Lipinski definition) is 3. The van der Waals surface area contributed by atoms with Gasteiger partial charge < -0.3 is 4.74 Å². The summed E-state index contributed by atoms with van der Waals surface area (Å²) in [5, 5.41) is 5.60. The van der Waals surface area contributed by atoms with Crippen molar-refractivity contribution in [2.45, 2.75) is 5.41 Å². The number of fused-ring (bicyclic) bond motifs is 14. The van der Waals surface area contributed by atoms with Gasteiger partial charge in [0.1, 0.15) is 11.5 Å². The molecular weight excluding hydrogens is 681 g/mol. The predicted molar refractivity (Wildman–Crippen MR) is 228 cm³/mol. The van der Waals surface area contributed by atoms with Gasteiger partial charge in [0, 0.05) is 38.4 Å². The second kappa shape index (κ2) is 11.8. The van der Waals surface area contributed by atoms with E-state index in [9.17, 15) is 0 Å². The van der Waals surface area contributed by atoms with Gasteiger partial charge in [0.2, 0.25) is 0 Å². The van der Waals surface area contributed by atoms with Gasteiger partial charge >= 0.3 is 0 Å². The molecule has 0 unspecified atom stereocenters. The van der Waals surface area contributed by atoms with Crippen molar-refractivity contribution in [3.05, 3.63) is 216 Å². The Kier molecular flexibility index (Phi) is 6.55. The molecule has 12 rings (SSSR count). The smallest absolute Gasteiger partial charge is 0.160 e. The van der Waals surface area contributed by atoms with Crippen molar-refractivity contribution in [1.29, 1.82) is 0 Å². The Balaban J connectivity index is 1.07. The quantitative estimate of drug-likeness (QED) is 0.183. The maximum absolute atomic E-state index is 7.15. The molecular formula is C53H32N2O. The van der Waals surface area contributed by atoms with Crippen molar-refractivity contribution in [3.63, 3.8) is 0 Å². The molecule has 3 nitrogen and oxygen atoms in total. The molecule has 0 bridgehead atoms. The fraction of sp³-hybridized carbons (Fsp3) is 0.0189. The van der Waals surface area contributed by atoms with Crippen LogP contribution in [0.2, 0.25) is 0 Å². The molecule has 0 radical (unpaired) electrons. The number of ether oxygens (including phenoxy) is 1. The fourth-order valence-electron chi connectivity index (χ4n) is 9.42. The monoisotopic (exact) mass is 712 g/mol. The Bertz CT molecular complexity index is 3140. The van der Waals surface area contributed by atoms with Crippen LogP contribution in [0.4, 0.5) is 0 Å². The molecule has 3 heteroatoms. The normalized spacial score (nSPS) is 13.3. The highest BCUT2D eigenvalue weighted by Crippen LogP contribution is 2.64. The third-order valence-corrected chi connectivity index (χ3v) is 11.9. The molecule has 1 aliphatic heterocycles. The van der Waals surface area contributed by atoms with Gasteiger partial charge in [-0.05, 0) is 56.3 Å². The van der Waals surface area contributed by atoms with Gasteiger partial charge in [-0.2, -0.15) is 0 Å². The van der Waals surface area contributed by atoms with Crippen LogP contribution in [-0.2, 0) is 5.41 Å². The molecule has 0 amide bonds. The third-order valence-electron chi connectivity index (χ3n) is 11.9. The lowest BCUT2D eigenvalue weighted by Crippen LogP contribution is -2.32. The van der Waals surface area contributed by atoms with Crippen molar-refractivity contribution in [1.82, 2.24) is 9.97 Å². The van der Waals surface area contributed by atoms with Gasteiger partial charge in [-0.1, -0.05) is 182 Å². The number of aromatic nitrogens is 2. The van der Waals surface area contributed by atoms with Gasteiger partial charge in [0.05, 0.1) is 16.6 Å². The van der Waals surface area contributed by atoms with E-state index in [1.54, 1.807) is 0 Å². The zero-order valence-electron chi connectivity index (χ0n) is 30.3. The maximum Gasteiger partial charge on any atom is 0.160 e. The van der Waals surface area contributed by atoms with Crippen LogP contribution >= 0.6 is 0 Å². The molecule has 1 aliphatic carbocycles. The molecule has 56 heavy (non-hydrogen) atoms. The van der Waals surface area contributed by atoms with Crippen LogP contribution in [0.15, 0.2) is 194 Å². The topological polar surface area (TPSA) is 35.0 Å². The van der Waals surface area contributed by atoms with Gasteiger partial charge in [-0.15, -0.1) is 0 Å².